The van der Waals surface area contributed by atoms with E-state index < -0.39 is 10.0 Å². The number of aromatic nitrogens is 1. The van der Waals surface area contributed by atoms with Gasteiger partial charge in [0.25, 0.3) is 10.0 Å². The highest BCUT2D eigenvalue weighted by Gasteiger charge is 2.28. The minimum Gasteiger partial charge on any atom is -0.392 e. The first-order valence-electron chi connectivity index (χ1n) is 6.16. The van der Waals surface area contributed by atoms with Crippen molar-refractivity contribution in [2.45, 2.75) is 42.2 Å². The van der Waals surface area contributed by atoms with Crippen LogP contribution in [0, 0.1) is 0 Å². The molecule has 19 heavy (non-hydrogen) atoms. The van der Waals surface area contributed by atoms with Gasteiger partial charge in [-0.2, -0.15) is 11.8 Å². The number of pyridine rings is 1. The SMILES string of the molecule is CSC1CCC(NS(=O)(=O)c2ccc(CO)cn2)C1. The van der Waals surface area contributed by atoms with Crippen LogP contribution in [0.1, 0.15) is 24.8 Å². The molecule has 0 radical (unpaired) electrons. The molecule has 2 unspecified atom stereocenters. The van der Waals surface area contributed by atoms with Crippen LogP contribution in [0.5, 0.6) is 0 Å². The van der Waals surface area contributed by atoms with Crippen LogP contribution in [0.3, 0.4) is 0 Å². The van der Waals surface area contributed by atoms with Crippen molar-refractivity contribution in [3.63, 3.8) is 0 Å². The van der Waals surface area contributed by atoms with Crippen LogP contribution in [0.15, 0.2) is 23.4 Å². The second-order valence-electron chi connectivity index (χ2n) is 4.65. The zero-order valence-electron chi connectivity index (χ0n) is 10.7. The molecule has 2 rings (SSSR count). The topological polar surface area (TPSA) is 79.3 Å². The highest BCUT2D eigenvalue weighted by atomic mass is 32.2. The molecule has 0 spiro atoms. The monoisotopic (exact) mass is 302 g/mol. The van der Waals surface area contributed by atoms with Gasteiger partial charge >= 0.3 is 0 Å². The maximum atomic E-state index is 12.1. The van der Waals surface area contributed by atoms with E-state index in [2.05, 4.69) is 16.0 Å². The summed E-state index contributed by atoms with van der Waals surface area (Å²) in [5.41, 5.74) is 0.599. The van der Waals surface area contributed by atoms with Crippen LogP contribution in [-0.4, -0.2) is 36.1 Å². The van der Waals surface area contributed by atoms with Gasteiger partial charge in [0.15, 0.2) is 5.03 Å². The Labute approximate surface area is 117 Å². The summed E-state index contributed by atoms with van der Waals surface area (Å²) in [5, 5.41) is 9.46. The lowest BCUT2D eigenvalue weighted by Crippen LogP contribution is -2.33. The molecular weight excluding hydrogens is 284 g/mol. The van der Waals surface area contributed by atoms with Gasteiger partial charge in [-0.25, -0.2) is 18.1 Å². The van der Waals surface area contributed by atoms with Gasteiger partial charge in [0.1, 0.15) is 0 Å². The van der Waals surface area contributed by atoms with Crippen molar-refractivity contribution in [3.05, 3.63) is 23.9 Å². The van der Waals surface area contributed by atoms with Crippen LogP contribution in [0.4, 0.5) is 0 Å². The first-order valence-corrected chi connectivity index (χ1v) is 8.93. The summed E-state index contributed by atoms with van der Waals surface area (Å²) in [6, 6.07) is 3.00. The molecule has 0 amide bonds. The fourth-order valence-electron chi connectivity index (χ4n) is 2.20. The van der Waals surface area contributed by atoms with E-state index in [0.29, 0.717) is 10.8 Å². The molecule has 1 aromatic heterocycles. The molecule has 2 atom stereocenters. The molecule has 1 aliphatic carbocycles. The van der Waals surface area contributed by atoms with Gasteiger partial charge in [0, 0.05) is 17.5 Å². The van der Waals surface area contributed by atoms with Crippen LogP contribution in [-0.2, 0) is 16.6 Å². The van der Waals surface area contributed by atoms with Crippen LogP contribution in [0.25, 0.3) is 0 Å². The average Bonchev–Trinajstić information content (AvgIpc) is 2.85. The van der Waals surface area contributed by atoms with E-state index in [9.17, 15) is 8.42 Å². The number of aliphatic hydroxyl groups is 1. The third-order valence-corrected chi connectivity index (χ3v) is 5.83. The molecule has 1 aliphatic rings. The predicted molar refractivity (Wildman–Crippen MR) is 75.4 cm³/mol. The van der Waals surface area contributed by atoms with Crippen LogP contribution < -0.4 is 4.72 Å². The van der Waals surface area contributed by atoms with E-state index in [1.807, 2.05) is 0 Å². The number of nitrogens with one attached hydrogen (secondary N) is 1. The molecule has 0 aromatic carbocycles. The van der Waals surface area contributed by atoms with Gasteiger partial charge in [0.2, 0.25) is 0 Å². The zero-order chi connectivity index (χ0) is 13.9. The molecule has 1 fully saturated rings. The number of nitrogens with zero attached hydrogens (tertiary/aromatic N) is 1. The van der Waals surface area contributed by atoms with Crippen molar-refractivity contribution < 1.29 is 13.5 Å². The Morgan fingerprint density at radius 2 is 2.26 bits per heavy atom. The largest absolute Gasteiger partial charge is 0.392 e. The van der Waals surface area contributed by atoms with Crippen molar-refractivity contribution in [2.24, 2.45) is 0 Å². The standard InChI is InChI=1S/C12H18N2O3S2/c1-18-11-4-3-10(6-11)14-19(16,17)12-5-2-9(8-15)7-13-12/h2,5,7,10-11,14-15H,3-4,6,8H2,1H3. The fraction of sp³-hybridized carbons (Fsp3) is 0.583. The number of hydrogen-bond acceptors (Lipinski definition) is 5. The zero-order valence-corrected chi connectivity index (χ0v) is 12.4. The molecule has 106 valence electrons. The summed E-state index contributed by atoms with van der Waals surface area (Å²) in [4.78, 5) is 3.89. The first kappa shape index (κ1) is 14.8. The lowest BCUT2D eigenvalue weighted by molar-refractivity contribution is 0.281. The van der Waals surface area contributed by atoms with Crippen molar-refractivity contribution in [1.29, 1.82) is 0 Å². The Bertz CT molecular complexity index is 516. The molecule has 0 saturated heterocycles. The maximum absolute atomic E-state index is 12.1. The van der Waals surface area contributed by atoms with Crippen molar-refractivity contribution in [3.8, 4) is 0 Å². The van der Waals surface area contributed by atoms with E-state index in [1.165, 1.54) is 12.3 Å². The molecular formula is C12H18N2O3S2. The highest BCUT2D eigenvalue weighted by molar-refractivity contribution is 7.99. The summed E-state index contributed by atoms with van der Waals surface area (Å²) >= 11 is 1.78. The van der Waals surface area contributed by atoms with Crippen molar-refractivity contribution in [2.75, 3.05) is 6.26 Å². The third kappa shape index (κ3) is 3.68. The molecule has 5 nitrogen and oxygen atoms in total. The maximum Gasteiger partial charge on any atom is 0.258 e. The van der Waals surface area contributed by atoms with Gasteiger partial charge in [-0.1, -0.05) is 6.07 Å². The lowest BCUT2D eigenvalue weighted by atomic mass is 10.3. The lowest BCUT2D eigenvalue weighted by Gasteiger charge is -2.12. The van der Waals surface area contributed by atoms with E-state index >= 15 is 0 Å². The minimum atomic E-state index is -3.55. The van der Waals surface area contributed by atoms with Gasteiger partial charge in [-0.15, -0.1) is 0 Å². The van der Waals surface area contributed by atoms with Crippen molar-refractivity contribution in [1.82, 2.24) is 9.71 Å². The summed E-state index contributed by atoms with van der Waals surface area (Å²) in [5.74, 6) is 0. The average molecular weight is 302 g/mol. The third-order valence-electron chi connectivity index (χ3n) is 3.30. The molecule has 1 saturated carbocycles. The number of sulfonamides is 1. The van der Waals surface area contributed by atoms with Gasteiger partial charge in [-0.05, 0) is 37.1 Å². The van der Waals surface area contributed by atoms with Gasteiger partial charge < -0.3 is 5.11 Å². The Hall–Kier alpha value is -0.630. The number of rotatable bonds is 5. The fourth-order valence-corrected chi connectivity index (χ4v) is 4.21. The molecule has 1 aromatic rings. The molecule has 1 heterocycles. The summed E-state index contributed by atoms with van der Waals surface area (Å²) in [6.45, 7) is -0.140. The molecule has 0 bridgehead atoms. The van der Waals surface area contributed by atoms with Crippen LogP contribution in [0.2, 0.25) is 0 Å². The minimum absolute atomic E-state index is 0.00164. The van der Waals surface area contributed by atoms with Gasteiger partial charge in [-0.3, -0.25) is 0 Å². The summed E-state index contributed by atoms with van der Waals surface area (Å²) < 4.78 is 27.0. The normalized spacial score (nSPS) is 23.7. The molecule has 7 heteroatoms. The van der Waals surface area contributed by atoms with E-state index in [-0.39, 0.29) is 17.7 Å². The molecule has 0 aliphatic heterocycles. The Morgan fingerprint density at radius 1 is 1.47 bits per heavy atom. The summed E-state index contributed by atoms with van der Waals surface area (Å²) in [6.07, 6.45) is 6.23. The van der Waals surface area contributed by atoms with E-state index in [1.54, 1.807) is 17.8 Å². The highest BCUT2D eigenvalue weighted by Crippen LogP contribution is 2.28. The number of aliphatic hydroxyl groups excluding tert-OH is 1. The predicted octanol–water partition coefficient (Wildman–Crippen LogP) is 1.14. The van der Waals surface area contributed by atoms with Crippen molar-refractivity contribution >= 4 is 21.8 Å². The second-order valence-corrected chi connectivity index (χ2v) is 7.45. The number of thioether (sulfide) groups is 1. The van der Waals surface area contributed by atoms with Crippen LogP contribution >= 0.6 is 11.8 Å². The Kier molecular flexibility index (Phi) is 4.83. The number of hydrogen-bond donors (Lipinski definition) is 2. The Morgan fingerprint density at radius 3 is 2.79 bits per heavy atom. The van der Waals surface area contributed by atoms with E-state index in [4.69, 9.17) is 5.11 Å². The Balaban J connectivity index is 2.05. The smallest absolute Gasteiger partial charge is 0.258 e. The van der Waals surface area contributed by atoms with Gasteiger partial charge in [0.05, 0.1) is 6.61 Å². The quantitative estimate of drug-likeness (QED) is 0.852. The first-order chi connectivity index (χ1) is 9.05. The van der Waals surface area contributed by atoms with E-state index in [0.717, 1.165) is 19.3 Å². The second kappa shape index (κ2) is 6.21. The molecule has 2 N–H and O–H groups in total. The summed E-state index contributed by atoms with van der Waals surface area (Å²) in [7, 11) is -3.55.